The molecular formula is C35H43ClN6O5S. The number of carbonyl (C=O) groups excluding carboxylic acids is 1. The summed E-state index contributed by atoms with van der Waals surface area (Å²) >= 11 is 6.44. The summed E-state index contributed by atoms with van der Waals surface area (Å²) in [5.41, 5.74) is 3.34. The number of nitrogens with one attached hydrogen (secondary N) is 1. The van der Waals surface area contributed by atoms with E-state index in [4.69, 9.17) is 21.1 Å². The van der Waals surface area contributed by atoms with E-state index in [1.807, 2.05) is 25.1 Å². The van der Waals surface area contributed by atoms with E-state index in [0.717, 1.165) is 49.4 Å². The monoisotopic (exact) mass is 694 g/mol. The summed E-state index contributed by atoms with van der Waals surface area (Å²) in [6.45, 7) is 4.00. The summed E-state index contributed by atoms with van der Waals surface area (Å²) in [6, 6.07) is 11.5. The number of hydrogen-bond acceptors (Lipinski definition) is 9. The van der Waals surface area contributed by atoms with Gasteiger partial charge < -0.3 is 14.4 Å². The molecule has 4 aliphatic rings. The Morgan fingerprint density at radius 2 is 2.04 bits per heavy atom. The van der Waals surface area contributed by atoms with Crippen molar-refractivity contribution < 1.29 is 22.7 Å². The van der Waals surface area contributed by atoms with Crippen LogP contribution in [0.1, 0.15) is 79.2 Å². The van der Waals surface area contributed by atoms with Crippen LogP contribution < -0.4 is 14.4 Å². The van der Waals surface area contributed by atoms with Crippen LogP contribution in [-0.2, 0) is 40.3 Å². The average molecular weight is 695 g/mol. The minimum absolute atomic E-state index is 0.197. The maximum atomic E-state index is 13.5. The lowest BCUT2D eigenvalue weighted by atomic mass is 9.68. The lowest BCUT2D eigenvalue weighted by Gasteiger charge is -2.46. The second-order valence-corrected chi connectivity index (χ2v) is 16.2. The Bertz CT molecular complexity index is 1810. The zero-order valence-corrected chi connectivity index (χ0v) is 29.0. The molecule has 11 nitrogen and oxygen atoms in total. The first-order valence-corrected chi connectivity index (χ1v) is 18.9. The summed E-state index contributed by atoms with van der Waals surface area (Å²) in [6.07, 6.45) is 10.2. The molecule has 2 aliphatic heterocycles. The van der Waals surface area contributed by atoms with Crippen LogP contribution in [0.5, 0.6) is 5.75 Å². The van der Waals surface area contributed by atoms with E-state index in [2.05, 4.69) is 43.2 Å². The number of sulfonamides is 1. The first-order chi connectivity index (χ1) is 23.1. The fraction of sp³-hybridized carbons (Fsp3) is 0.543. The van der Waals surface area contributed by atoms with Gasteiger partial charge in [0.25, 0.3) is 5.91 Å². The van der Waals surface area contributed by atoms with Crippen molar-refractivity contribution >= 4 is 33.2 Å². The normalized spacial score (nSPS) is 29.1. The van der Waals surface area contributed by atoms with Crippen molar-refractivity contribution in [1.82, 2.24) is 24.9 Å². The molecule has 1 fully saturated rings. The van der Waals surface area contributed by atoms with Gasteiger partial charge in [-0.05, 0) is 110 Å². The van der Waals surface area contributed by atoms with Gasteiger partial charge in [-0.1, -0.05) is 36.7 Å². The highest BCUT2D eigenvalue weighted by Crippen LogP contribution is 2.47. The standard InChI is InChI=1S/C35H43ClN6O5S/c1-3-27-8-4-5-9-31(46-20-33-37-40-41(2)38-33)28-13-10-25(28)19-42-21-35(16-6-7-23-17-26(36)12-14-29(23)35)22-47-32-15-11-24(18-30(32)42)34(43)39-48(27,44)45/h5,9,11-12,14-15,17-18,25,27-28,31H,3-4,6-8,10,13,16,19-22H2,1-2H3,(H,39,43)/b9-5+/t25-,27+,28+,31-,35-/m0/s1. The maximum absolute atomic E-state index is 13.5. The van der Waals surface area contributed by atoms with Crippen molar-refractivity contribution in [3.63, 3.8) is 0 Å². The molecule has 48 heavy (non-hydrogen) atoms. The first kappa shape index (κ1) is 33.0. The van der Waals surface area contributed by atoms with Crippen molar-refractivity contribution in [3.05, 3.63) is 76.1 Å². The maximum Gasteiger partial charge on any atom is 0.264 e. The molecule has 1 amide bonds. The molecule has 1 N–H and O–H groups in total. The third-order valence-corrected chi connectivity index (χ3v) is 12.9. The van der Waals surface area contributed by atoms with Gasteiger partial charge in [-0.15, -0.1) is 10.2 Å². The van der Waals surface area contributed by atoms with Gasteiger partial charge in [0.2, 0.25) is 10.0 Å². The Hall–Kier alpha value is -3.48. The van der Waals surface area contributed by atoms with Crippen LogP contribution in [0.25, 0.3) is 0 Å². The van der Waals surface area contributed by atoms with Gasteiger partial charge in [0, 0.05) is 29.1 Å². The Kier molecular flexibility index (Phi) is 9.25. The number of nitrogens with zero attached hydrogens (tertiary/aromatic N) is 5. The van der Waals surface area contributed by atoms with Crippen LogP contribution in [0.15, 0.2) is 48.6 Å². The number of halogens is 1. The number of ether oxygens (including phenoxy) is 2. The summed E-state index contributed by atoms with van der Waals surface area (Å²) < 4.78 is 42.3. The molecule has 0 unspecified atom stereocenters. The Labute approximate surface area is 287 Å². The zero-order valence-electron chi connectivity index (χ0n) is 27.5. The van der Waals surface area contributed by atoms with Gasteiger partial charge in [-0.2, -0.15) is 4.80 Å². The average Bonchev–Trinajstić information content (AvgIpc) is 3.40. The van der Waals surface area contributed by atoms with Gasteiger partial charge >= 0.3 is 0 Å². The number of aromatic nitrogens is 4. The van der Waals surface area contributed by atoms with Crippen LogP contribution in [0.4, 0.5) is 5.69 Å². The molecule has 5 atom stereocenters. The van der Waals surface area contributed by atoms with E-state index in [1.54, 1.807) is 19.2 Å². The molecule has 1 spiro atoms. The lowest BCUT2D eigenvalue weighted by molar-refractivity contribution is -0.0249. The highest BCUT2D eigenvalue weighted by atomic mass is 35.5. The number of carbonyl (C=O) groups is 1. The van der Waals surface area contributed by atoms with Gasteiger partial charge in [0.1, 0.15) is 12.4 Å². The number of tetrazole rings is 1. The van der Waals surface area contributed by atoms with Crippen LogP contribution in [-0.4, -0.2) is 65.6 Å². The van der Waals surface area contributed by atoms with Gasteiger partial charge in [-0.3, -0.25) is 4.79 Å². The first-order valence-electron chi connectivity index (χ1n) is 17.0. The van der Waals surface area contributed by atoms with Crippen LogP contribution in [0.2, 0.25) is 5.02 Å². The molecular weight excluding hydrogens is 652 g/mol. The zero-order chi connectivity index (χ0) is 33.5. The molecule has 3 aromatic rings. The van der Waals surface area contributed by atoms with Crippen LogP contribution in [0.3, 0.4) is 0 Å². The summed E-state index contributed by atoms with van der Waals surface area (Å²) in [5, 5.41) is 12.4. The topological polar surface area (TPSA) is 129 Å². The van der Waals surface area contributed by atoms with Crippen molar-refractivity contribution in [2.75, 3.05) is 24.6 Å². The summed E-state index contributed by atoms with van der Waals surface area (Å²) in [4.78, 5) is 17.3. The van der Waals surface area contributed by atoms with E-state index in [9.17, 15) is 13.2 Å². The fourth-order valence-electron chi connectivity index (χ4n) is 8.03. The third kappa shape index (κ3) is 6.58. The Morgan fingerprint density at radius 3 is 2.81 bits per heavy atom. The fourth-order valence-corrected chi connectivity index (χ4v) is 9.65. The molecule has 2 bridgehead atoms. The molecule has 7 rings (SSSR count). The minimum atomic E-state index is -3.91. The number of aryl methyl sites for hydroxylation is 2. The third-order valence-electron chi connectivity index (χ3n) is 10.7. The number of anilines is 1. The van der Waals surface area contributed by atoms with E-state index >= 15 is 0 Å². The summed E-state index contributed by atoms with van der Waals surface area (Å²) in [5.74, 6) is 1.15. The molecule has 0 saturated heterocycles. The van der Waals surface area contributed by atoms with E-state index < -0.39 is 21.2 Å². The highest BCUT2D eigenvalue weighted by molar-refractivity contribution is 7.90. The lowest BCUT2D eigenvalue weighted by Crippen LogP contribution is -2.49. The molecule has 1 saturated carbocycles. The number of amides is 1. The van der Waals surface area contributed by atoms with Gasteiger partial charge in [0.15, 0.2) is 5.82 Å². The van der Waals surface area contributed by atoms with Crippen LogP contribution >= 0.6 is 11.6 Å². The molecule has 2 aromatic carbocycles. The molecule has 1 aromatic heterocycles. The number of fused-ring (bicyclic) bond motifs is 4. The smallest absolute Gasteiger partial charge is 0.264 e. The number of benzene rings is 2. The number of allylic oxidation sites excluding steroid dienone is 1. The van der Waals surface area contributed by atoms with Gasteiger partial charge in [-0.25, -0.2) is 13.1 Å². The molecule has 256 valence electrons. The SMILES string of the molecule is CC[C@@H]1CC/C=C/[C@H](OCc2nnn(C)n2)[C@@H]2CC[C@H]2CN2C[C@@]3(CCCc4cc(Cl)ccc43)COc3ccc(cc32)C(=O)NS1(=O)=O. The van der Waals surface area contributed by atoms with Crippen molar-refractivity contribution in [3.8, 4) is 5.75 Å². The van der Waals surface area contributed by atoms with Crippen LogP contribution in [0, 0.1) is 11.8 Å². The second-order valence-electron chi connectivity index (χ2n) is 13.8. The van der Waals surface area contributed by atoms with Crippen molar-refractivity contribution in [2.24, 2.45) is 18.9 Å². The predicted octanol–water partition coefficient (Wildman–Crippen LogP) is 5.14. The highest BCUT2D eigenvalue weighted by Gasteiger charge is 2.44. The van der Waals surface area contributed by atoms with Crippen molar-refractivity contribution in [1.29, 1.82) is 0 Å². The molecule has 0 radical (unpaired) electrons. The molecule has 2 aliphatic carbocycles. The largest absolute Gasteiger partial charge is 0.490 e. The van der Waals surface area contributed by atoms with Crippen molar-refractivity contribution in [2.45, 2.75) is 81.7 Å². The number of rotatable bonds is 4. The van der Waals surface area contributed by atoms with E-state index in [-0.39, 0.29) is 24.0 Å². The van der Waals surface area contributed by atoms with E-state index in [1.165, 1.54) is 15.9 Å². The molecule has 13 heteroatoms. The molecule has 3 heterocycles. The predicted molar refractivity (Wildman–Crippen MR) is 183 cm³/mol. The Morgan fingerprint density at radius 1 is 1.17 bits per heavy atom. The number of hydrogen-bond donors (Lipinski definition) is 1. The summed E-state index contributed by atoms with van der Waals surface area (Å²) in [7, 11) is -2.18. The van der Waals surface area contributed by atoms with E-state index in [0.29, 0.717) is 55.5 Å². The Balaban J connectivity index is 1.27. The quantitative estimate of drug-likeness (QED) is 0.370. The van der Waals surface area contributed by atoms with Gasteiger partial charge in [0.05, 0.1) is 30.7 Å². The second kappa shape index (κ2) is 13.4. The minimum Gasteiger partial charge on any atom is -0.490 e.